The van der Waals surface area contributed by atoms with E-state index in [1.165, 1.54) is 6.07 Å². The van der Waals surface area contributed by atoms with Crippen LogP contribution in [0, 0.1) is 5.82 Å². The molecule has 2 atom stereocenters. The molecular formula is C16H16FNO2S. The molecule has 0 aliphatic rings. The summed E-state index contributed by atoms with van der Waals surface area (Å²) < 4.78 is 26.0. The molecule has 0 heterocycles. The van der Waals surface area contributed by atoms with Crippen molar-refractivity contribution in [2.75, 3.05) is 0 Å². The van der Waals surface area contributed by atoms with Gasteiger partial charge in [-0.1, -0.05) is 30.3 Å². The molecule has 0 spiro atoms. The Morgan fingerprint density at radius 2 is 1.81 bits per heavy atom. The number of benzene rings is 2. The summed E-state index contributed by atoms with van der Waals surface area (Å²) in [5.41, 5.74) is 6.84. The van der Waals surface area contributed by atoms with Gasteiger partial charge in [-0.25, -0.2) is 4.39 Å². The molecule has 0 aliphatic carbocycles. The summed E-state index contributed by atoms with van der Waals surface area (Å²) in [7, 11) is -1.25. The highest BCUT2D eigenvalue weighted by Gasteiger charge is 2.17. The molecular weight excluding hydrogens is 289 g/mol. The first kappa shape index (κ1) is 15.4. The average Bonchev–Trinajstić information content (AvgIpc) is 2.47. The topological polar surface area (TPSA) is 60.2 Å². The number of primary amides is 1. The smallest absolute Gasteiger partial charge is 0.248 e. The zero-order valence-corrected chi connectivity index (χ0v) is 12.4. The van der Waals surface area contributed by atoms with Crippen molar-refractivity contribution in [2.45, 2.75) is 17.9 Å². The van der Waals surface area contributed by atoms with Crippen LogP contribution < -0.4 is 5.73 Å². The van der Waals surface area contributed by atoms with E-state index in [0.717, 1.165) is 5.56 Å². The van der Waals surface area contributed by atoms with Gasteiger partial charge in [0.2, 0.25) is 5.91 Å². The third-order valence-corrected chi connectivity index (χ3v) is 4.95. The highest BCUT2D eigenvalue weighted by molar-refractivity contribution is 7.84. The van der Waals surface area contributed by atoms with Crippen molar-refractivity contribution in [1.82, 2.24) is 0 Å². The summed E-state index contributed by atoms with van der Waals surface area (Å²) in [6.07, 6.45) is 0. The van der Waals surface area contributed by atoms with Crippen LogP contribution in [0.25, 0.3) is 0 Å². The minimum absolute atomic E-state index is 0.300. The fourth-order valence-corrected chi connectivity index (χ4v) is 3.25. The van der Waals surface area contributed by atoms with E-state index in [1.54, 1.807) is 49.4 Å². The Bertz CT molecular complexity index is 670. The lowest BCUT2D eigenvalue weighted by Crippen LogP contribution is -2.11. The number of nitrogens with two attached hydrogens (primary N) is 1. The lowest BCUT2D eigenvalue weighted by atomic mass is 10.1. The molecule has 21 heavy (non-hydrogen) atoms. The predicted octanol–water partition coefficient (Wildman–Crippen LogP) is 2.93. The Labute approximate surface area is 125 Å². The average molecular weight is 305 g/mol. The maximum atomic E-state index is 13.7. The number of hydrogen-bond donors (Lipinski definition) is 1. The van der Waals surface area contributed by atoms with Gasteiger partial charge in [0.05, 0.1) is 5.25 Å². The SMILES string of the molecule is CC(c1ccccc1F)S(=O)Cc1ccc(C(N)=O)cc1. The molecule has 110 valence electrons. The number of carbonyl (C=O) groups is 1. The maximum Gasteiger partial charge on any atom is 0.248 e. The number of halogens is 1. The first-order valence-corrected chi connectivity index (χ1v) is 7.87. The molecule has 2 unspecified atom stereocenters. The molecule has 1 amide bonds. The molecule has 0 aromatic heterocycles. The molecule has 3 nitrogen and oxygen atoms in total. The van der Waals surface area contributed by atoms with Crippen LogP contribution in [0.2, 0.25) is 0 Å². The third kappa shape index (κ3) is 3.76. The van der Waals surface area contributed by atoms with Crippen LogP contribution in [-0.4, -0.2) is 10.1 Å². The van der Waals surface area contributed by atoms with Crippen LogP contribution in [0.15, 0.2) is 48.5 Å². The van der Waals surface area contributed by atoms with Crippen LogP contribution in [-0.2, 0) is 16.6 Å². The summed E-state index contributed by atoms with van der Waals surface area (Å²) in [5, 5.41) is -0.401. The number of amides is 1. The number of rotatable bonds is 5. The van der Waals surface area contributed by atoms with Gasteiger partial charge in [0.25, 0.3) is 0 Å². The fraction of sp³-hybridized carbons (Fsp3) is 0.188. The van der Waals surface area contributed by atoms with Crippen molar-refractivity contribution in [3.63, 3.8) is 0 Å². The van der Waals surface area contributed by atoms with E-state index in [-0.39, 0.29) is 5.82 Å². The van der Waals surface area contributed by atoms with E-state index in [0.29, 0.717) is 16.9 Å². The Morgan fingerprint density at radius 1 is 1.19 bits per heavy atom. The highest BCUT2D eigenvalue weighted by atomic mass is 32.2. The predicted molar refractivity (Wildman–Crippen MR) is 81.6 cm³/mol. The van der Waals surface area contributed by atoms with Gasteiger partial charge in [-0.2, -0.15) is 0 Å². The molecule has 0 radical (unpaired) electrons. The Balaban J connectivity index is 2.11. The van der Waals surface area contributed by atoms with Gasteiger partial charge in [0.1, 0.15) is 5.82 Å². The molecule has 0 aliphatic heterocycles. The molecule has 5 heteroatoms. The van der Waals surface area contributed by atoms with E-state index >= 15 is 0 Å². The third-order valence-electron chi connectivity index (χ3n) is 3.28. The second kappa shape index (κ2) is 6.63. The van der Waals surface area contributed by atoms with E-state index in [1.807, 2.05) is 0 Å². The van der Waals surface area contributed by atoms with Gasteiger partial charge in [-0.05, 0) is 30.7 Å². The van der Waals surface area contributed by atoms with Crippen LogP contribution in [0.3, 0.4) is 0 Å². The lowest BCUT2D eigenvalue weighted by molar-refractivity contribution is 0.100. The molecule has 2 N–H and O–H groups in total. The number of hydrogen-bond acceptors (Lipinski definition) is 2. The van der Waals surface area contributed by atoms with Crippen LogP contribution in [0.1, 0.15) is 33.7 Å². The molecule has 2 rings (SSSR count). The van der Waals surface area contributed by atoms with Gasteiger partial charge in [0.15, 0.2) is 0 Å². The fourth-order valence-electron chi connectivity index (χ4n) is 2.00. The second-order valence-electron chi connectivity index (χ2n) is 4.75. The molecule has 0 saturated heterocycles. The number of carbonyl (C=O) groups excluding carboxylic acids is 1. The first-order valence-electron chi connectivity index (χ1n) is 6.49. The van der Waals surface area contributed by atoms with Gasteiger partial charge in [-0.15, -0.1) is 0 Å². The maximum absolute atomic E-state index is 13.7. The zero-order chi connectivity index (χ0) is 15.4. The van der Waals surface area contributed by atoms with E-state index in [4.69, 9.17) is 5.73 Å². The summed E-state index contributed by atoms with van der Waals surface area (Å²) in [6, 6.07) is 13.0. The highest BCUT2D eigenvalue weighted by Crippen LogP contribution is 2.24. The second-order valence-corrected chi connectivity index (χ2v) is 6.51. The van der Waals surface area contributed by atoms with Crippen molar-refractivity contribution in [1.29, 1.82) is 0 Å². The molecule has 0 bridgehead atoms. The van der Waals surface area contributed by atoms with Crippen molar-refractivity contribution < 1.29 is 13.4 Å². The lowest BCUT2D eigenvalue weighted by Gasteiger charge is -2.13. The van der Waals surface area contributed by atoms with Gasteiger partial charge < -0.3 is 5.73 Å². The van der Waals surface area contributed by atoms with Gasteiger partial charge in [-0.3, -0.25) is 9.00 Å². The van der Waals surface area contributed by atoms with Crippen LogP contribution in [0.4, 0.5) is 4.39 Å². The summed E-state index contributed by atoms with van der Waals surface area (Å²) in [4.78, 5) is 11.0. The van der Waals surface area contributed by atoms with Crippen molar-refractivity contribution in [3.8, 4) is 0 Å². The standard InChI is InChI=1S/C16H16FNO2S/c1-11(14-4-2-3-5-15(14)17)21(20)10-12-6-8-13(9-7-12)16(18)19/h2-9,11H,10H2,1H3,(H2,18,19). The largest absolute Gasteiger partial charge is 0.366 e. The Kier molecular flexibility index (Phi) is 4.85. The van der Waals surface area contributed by atoms with Gasteiger partial charge in [0, 0.05) is 27.7 Å². The minimum atomic E-state index is -1.25. The normalized spacial score (nSPS) is 13.6. The van der Waals surface area contributed by atoms with E-state index < -0.39 is 22.0 Å². The van der Waals surface area contributed by atoms with Crippen molar-refractivity contribution >= 4 is 16.7 Å². The Hall–Kier alpha value is -2.01. The van der Waals surface area contributed by atoms with Crippen LogP contribution in [0.5, 0.6) is 0 Å². The quantitative estimate of drug-likeness (QED) is 0.923. The van der Waals surface area contributed by atoms with Crippen molar-refractivity contribution in [3.05, 3.63) is 71.0 Å². The summed E-state index contributed by atoms with van der Waals surface area (Å²) in [6.45, 7) is 1.74. The van der Waals surface area contributed by atoms with Crippen LogP contribution >= 0.6 is 0 Å². The van der Waals surface area contributed by atoms with Crippen molar-refractivity contribution in [2.24, 2.45) is 5.73 Å². The zero-order valence-electron chi connectivity index (χ0n) is 11.6. The monoisotopic (exact) mass is 305 g/mol. The molecule has 0 fully saturated rings. The molecule has 2 aromatic rings. The van der Waals surface area contributed by atoms with E-state index in [9.17, 15) is 13.4 Å². The molecule has 2 aromatic carbocycles. The van der Waals surface area contributed by atoms with E-state index in [2.05, 4.69) is 0 Å². The van der Waals surface area contributed by atoms with Gasteiger partial charge >= 0.3 is 0 Å². The minimum Gasteiger partial charge on any atom is -0.366 e. The first-order chi connectivity index (χ1) is 9.99. The Morgan fingerprint density at radius 3 is 2.38 bits per heavy atom. The summed E-state index contributed by atoms with van der Waals surface area (Å²) in [5.74, 6) is -0.543. The molecule has 0 saturated carbocycles. The summed E-state index contributed by atoms with van der Waals surface area (Å²) >= 11 is 0.